The minimum absolute atomic E-state index is 0.190. The Morgan fingerprint density at radius 2 is 1.81 bits per heavy atom. The zero-order valence-electron chi connectivity index (χ0n) is 14.3. The van der Waals surface area contributed by atoms with Crippen LogP contribution in [-0.4, -0.2) is 23.5 Å². The van der Waals surface area contributed by atoms with Gasteiger partial charge in [0.2, 0.25) is 0 Å². The van der Waals surface area contributed by atoms with Crippen molar-refractivity contribution in [3.63, 3.8) is 0 Å². The molecule has 0 fully saturated rings. The quantitative estimate of drug-likeness (QED) is 0.465. The summed E-state index contributed by atoms with van der Waals surface area (Å²) >= 11 is 5.02. The highest BCUT2D eigenvalue weighted by Crippen LogP contribution is 2.12. The van der Waals surface area contributed by atoms with E-state index < -0.39 is 11.8 Å². The second-order valence-electron chi connectivity index (χ2n) is 5.49. The minimum Gasteiger partial charge on any atom is -0.466 e. The van der Waals surface area contributed by atoms with Crippen molar-refractivity contribution in [1.82, 2.24) is 21.5 Å². The van der Waals surface area contributed by atoms with E-state index >= 15 is 0 Å². The van der Waals surface area contributed by atoms with Crippen LogP contribution in [0.2, 0.25) is 0 Å². The zero-order valence-corrected chi connectivity index (χ0v) is 15.1. The smallest absolute Gasteiger partial charge is 0.257 e. The van der Waals surface area contributed by atoms with Crippen LogP contribution in [0.4, 0.5) is 4.39 Å². The number of carbonyl (C=O) groups excluding carboxylic acids is 2. The Hall–Kier alpha value is -2.94. The van der Waals surface area contributed by atoms with Crippen molar-refractivity contribution in [1.29, 1.82) is 0 Å². The highest BCUT2D eigenvalue weighted by Gasteiger charge is 2.14. The van der Waals surface area contributed by atoms with Crippen LogP contribution in [0, 0.1) is 19.7 Å². The van der Waals surface area contributed by atoms with E-state index in [0.717, 1.165) is 5.56 Å². The third-order valence-electron chi connectivity index (χ3n) is 3.38. The predicted octanol–water partition coefficient (Wildman–Crippen LogP) is 1.46. The Bertz CT molecular complexity index is 805. The molecule has 2 rings (SSSR count). The van der Waals surface area contributed by atoms with Crippen LogP contribution in [0.1, 0.15) is 27.4 Å². The van der Waals surface area contributed by atoms with E-state index in [9.17, 15) is 14.0 Å². The van der Waals surface area contributed by atoms with Gasteiger partial charge in [-0.05, 0) is 49.8 Å². The third-order valence-corrected chi connectivity index (χ3v) is 3.62. The molecule has 4 N–H and O–H groups in total. The van der Waals surface area contributed by atoms with Gasteiger partial charge in [-0.1, -0.05) is 12.1 Å². The van der Waals surface area contributed by atoms with Crippen molar-refractivity contribution in [2.24, 2.45) is 0 Å². The fourth-order valence-corrected chi connectivity index (χ4v) is 2.23. The first-order valence-corrected chi connectivity index (χ1v) is 8.18. The molecule has 1 aromatic heterocycles. The number of benzene rings is 1. The van der Waals surface area contributed by atoms with Gasteiger partial charge >= 0.3 is 0 Å². The molecule has 0 saturated carbocycles. The highest BCUT2D eigenvalue weighted by atomic mass is 32.1. The number of furan rings is 1. The van der Waals surface area contributed by atoms with E-state index in [1.165, 1.54) is 12.1 Å². The second-order valence-corrected chi connectivity index (χ2v) is 5.90. The maximum Gasteiger partial charge on any atom is 0.257 e. The average molecular weight is 378 g/mol. The maximum atomic E-state index is 12.8. The summed E-state index contributed by atoms with van der Waals surface area (Å²) < 4.78 is 18.1. The summed E-state index contributed by atoms with van der Waals surface area (Å²) in [6.45, 7) is 3.56. The van der Waals surface area contributed by atoms with Crippen molar-refractivity contribution in [3.8, 4) is 0 Å². The zero-order chi connectivity index (χ0) is 19.1. The van der Waals surface area contributed by atoms with Crippen molar-refractivity contribution in [2.45, 2.75) is 20.4 Å². The normalized spacial score (nSPS) is 10.1. The molecule has 0 aliphatic carbocycles. The van der Waals surface area contributed by atoms with E-state index in [2.05, 4.69) is 21.5 Å². The molecule has 0 radical (unpaired) electrons. The molecular formula is C17H19FN4O3S. The van der Waals surface area contributed by atoms with Crippen LogP contribution in [0.5, 0.6) is 0 Å². The minimum atomic E-state index is -0.470. The molecule has 0 aliphatic rings. The molecule has 138 valence electrons. The van der Waals surface area contributed by atoms with Gasteiger partial charge in [0.1, 0.15) is 17.3 Å². The first-order chi connectivity index (χ1) is 12.3. The Morgan fingerprint density at radius 1 is 1.12 bits per heavy atom. The van der Waals surface area contributed by atoms with E-state index in [1.807, 2.05) is 0 Å². The van der Waals surface area contributed by atoms with E-state index in [-0.39, 0.29) is 17.5 Å². The second kappa shape index (κ2) is 8.95. The number of halogens is 1. The lowest BCUT2D eigenvalue weighted by atomic mass is 10.2. The Balaban J connectivity index is 1.67. The van der Waals surface area contributed by atoms with E-state index in [4.69, 9.17) is 16.6 Å². The molecule has 1 heterocycles. The van der Waals surface area contributed by atoms with Gasteiger partial charge in [-0.2, -0.15) is 0 Å². The molecule has 0 bridgehead atoms. The summed E-state index contributed by atoms with van der Waals surface area (Å²) in [5.74, 6) is -0.0701. The lowest BCUT2D eigenvalue weighted by Crippen LogP contribution is -2.49. The van der Waals surface area contributed by atoms with Crippen molar-refractivity contribution >= 4 is 29.1 Å². The Morgan fingerprint density at radius 3 is 2.42 bits per heavy atom. The molecule has 0 saturated heterocycles. The number of aryl methyl sites for hydroxylation is 2. The van der Waals surface area contributed by atoms with Gasteiger partial charge in [-0.3, -0.25) is 20.4 Å². The van der Waals surface area contributed by atoms with Crippen LogP contribution in [-0.2, 0) is 11.3 Å². The van der Waals surface area contributed by atoms with Gasteiger partial charge in [0.15, 0.2) is 5.11 Å². The molecule has 0 unspecified atom stereocenters. The fourth-order valence-electron chi connectivity index (χ4n) is 2.11. The lowest BCUT2D eigenvalue weighted by Gasteiger charge is -2.12. The van der Waals surface area contributed by atoms with Gasteiger partial charge in [-0.15, -0.1) is 0 Å². The topological polar surface area (TPSA) is 95.4 Å². The molecule has 0 atom stereocenters. The highest BCUT2D eigenvalue weighted by molar-refractivity contribution is 7.80. The lowest BCUT2D eigenvalue weighted by molar-refractivity contribution is -0.120. The van der Waals surface area contributed by atoms with Gasteiger partial charge in [0.05, 0.1) is 12.1 Å². The number of thiocarbonyl (C=S) groups is 1. The van der Waals surface area contributed by atoms with Crippen LogP contribution in [0.25, 0.3) is 0 Å². The number of hydrogen-bond acceptors (Lipinski definition) is 4. The first-order valence-electron chi connectivity index (χ1n) is 7.77. The summed E-state index contributed by atoms with van der Waals surface area (Å²) in [6.07, 6.45) is 0. The van der Waals surface area contributed by atoms with Crippen molar-refractivity contribution < 1.29 is 18.4 Å². The van der Waals surface area contributed by atoms with E-state index in [0.29, 0.717) is 23.6 Å². The number of carbonyl (C=O) groups is 2. The molecular weight excluding hydrogens is 359 g/mol. The molecule has 1 aromatic carbocycles. The molecule has 2 aromatic rings. The van der Waals surface area contributed by atoms with Crippen LogP contribution >= 0.6 is 12.2 Å². The first kappa shape index (κ1) is 19.4. The molecule has 9 heteroatoms. The Labute approximate surface area is 155 Å². The average Bonchev–Trinajstić information content (AvgIpc) is 2.95. The van der Waals surface area contributed by atoms with Crippen LogP contribution in [0.3, 0.4) is 0 Å². The number of nitrogens with one attached hydrogen (secondary N) is 4. The van der Waals surface area contributed by atoms with Crippen molar-refractivity contribution in [2.75, 3.05) is 6.54 Å². The SMILES string of the molecule is Cc1cc(C(=O)NCC(=O)NNC(=S)NCc2ccc(F)cc2)c(C)o1. The molecule has 0 aliphatic heterocycles. The number of rotatable bonds is 5. The Kier molecular flexibility index (Phi) is 6.67. The summed E-state index contributed by atoms with van der Waals surface area (Å²) in [7, 11) is 0. The van der Waals surface area contributed by atoms with Crippen LogP contribution < -0.4 is 21.5 Å². The van der Waals surface area contributed by atoms with Gasteiger partial charge in [0.25, 0.3) is 11.8 Å². The van der Waals surface area contributed by atoms with Crippen molar-refractivity contribution in [3.05, 3.63) is 58.8 Å². The predicted molar refractivity (Wildman–Crippen MR) is 97.6 cm³/mol. The number of hydrogen-bond donors (Lipinski definition) is 4. The van der Waals surface area contributed by atoms with Gasteiger partial charge in [0, 0.05) is 6.54 Å². The standard InChI is InChI=1S/C17H19FN4O3S/c1-10-7-14(11(2)25-10)16(24)19-9-15(23)21-22-17(26)20-8-12-3-5-13(18)6-4-12/h3-7H,8-9H2,1-2H3,(H,19,24)(H,21,23)(H2,20,22,26). The molecule has 26 heavy (non-hydrogen) atoms. The summed E-state index contributed by atoms with van der Waals surface area (Å²) in [5, 5.41) is 5.54. The molecule has 0 spiro atoms. The molecule has 2 amide bonds. The summed E-state index contributed by atoms with van der Waals surface area (Å²) in [6, 6.07) is 7.55. The van der Waals surface area contributed by atoms with Gasteiger partial charge < -0.3 is 15.1 Å². The number of amides is 2. The molecule has 7 nitrogen and oxygen atoms in total. The van der Waals surface area contributed by atoms with Crippen LogP contribution in [0.15, 0.2) is 34.7 Å². The van der Waals surface area contributed by atoms with Gasteiger partial charge in [-0.25, -0.2) is 4.39 Å². The summed E-state index contributed by atoms with van der Waals surface area (Å²) in [4.78, 5) is 23.7. The largest absolute Gasteiger partial charge is 0.466 e. The fraction of sp³-hybridized carbons (Fsp3) is 0.235. The third kappa shape index (κ3) is 5.85. The summed E-state index contributed by atoms with van der Waals surface area (Å²) in [5.41, 5.74) is 6.11. The number of hydrazine groups is 1. The monoisotopic (exact) mass is 378 g/mol. The maximum absolute atomic E-state index is 12.8. The van der Waals surface area contributed by atoms with E-state index in [1.54, 1.807) is 32.0 Å².